The molecule has 0 bridgehead atoms. The lowest BCUT2D eigenvalue weighted by Crippen LogP contribution is -2.06. The Morgan fingerprint density at radius 1 is 1.00 bits per heavy atom. The smallest absolute Gasteiger partial charge is 0.0232 e. The molecule has 0 aromatic carbocycles. The van der Waals surface area contributed by atoms with Crippen LogP contribution in [0.1, 0.15) is 73.6 Å². The van der Waals surface area contributed by atoms with Gasteiger partial charge in [-0.2, -0.15) is 0 Å². The second-order valence-corrected chi connectivity index (χ2v) is 5.42. The summed E-state index contributed by atoms with van der Waals surface area (Å²) in [4.78, 5) is 0. The van der Waals surface area contributed by atoms with E-state index in [0.29, 0.717) is 0 Å². The van der Waals surface area contributed by atoms with Gasteiger partial charge in [0.2, 0.25) is 0 Å². The fourth-order valence-electron chi connectivity index (χ4n) is 2.28. The Hall–Kier alpha value is -0.260. The highest BCUT2D eigenvalue weighted by molar-refractivity contribution is 5.05. The Morgan fingerprint density at radius 3 is 2.06 bits per heavy atom. The van der Waals surface area contributed by atoms with E-state index in [1.807, 2.05) is 0 Å². The third kappa shape index (κ3) is 5.72. The maximum absolute atomic E-state index is 2.52. The van der Waals surface area contributed by atoms with E-state index < -0.39 is 0 Å². The SMILES string of the molecule is CCCC(C)C(=CCC(C)C(C)CC)CC. The van der Waals surface area contributed by atoms with Crippen molar-refractivity contribution < 1.29 is 0 Å². The molecule has 0 heteroatoms. The lowest BCUT2D eigenvalue weighted by molar-refractivity contribution is 0.378. The molecule has 0 N–H and O–H groups in total. The van der Waals surface area contributed by atoms with Gasteiger partial charge in [0.25, 0.3) is 0 Å². The van der Waals surface area contributed by atoms with Crippen molar-refractivity contribution in [3.05, 3.63) is 11.6 Å². The Bertz CT molecular complexity index is 190. The van der Waals surface area contributed by atoms with Gasteiger partial charge in [-0.15, -0.1) is 0 Å². The second kappa shape index (κ2) is 8.84. The fraction of sp³-hybridized carbons (Fsp3) is 0.875. The Morgan fingerprint density at radius 2 is 1.62 bits per heavy atom. The quantitative estimate of drug-likeness (QED) is 0.455. The molecule has 0 aromatic rings. The molecule has 0 spiro atoms. The summed E-state index contributed by atoms with van der Waals surface area (Å²) in [6.45, 7) is 14.0. The molecule has 0 saturated carbocycles. The van der Waals surface area contributed by atoms with Gasteiger partial charge in [-0.3, -0.25) is 0 Å². The first-order valence-electron chi connectivity index (χ1n) is 7.25. The van der Waals surface area contributed by atoms with Crippen LogP contribution < -0.4 is 0 Å². The van der Waals surface area contributed by atoms with E-state index in [9.17, 15) is 0 Å². The van der Waals surface area contributed by atoms with E-state index in [1.54, 1.807) is 5.57 Å². The Kier molecular flexibility index (Phi) is 8.70. The average molecular weight is 224 g/mol. The molecular formula is C16H32. The summed E-state index contributed by atoms with van der Waals surface area (Å²) in [6, 6.07) is 0. The molecule has 0 heterocycles. The second-order valence-electron chi connectivity index (χ2n) is 5.42. The van der Waals surface area contributed by atoms with Crippen LogP contribution in [-0.4, -0.2) is 0 Å². The Balaban J connectivity index is 4.25. The van der Waals surface area contributed by atoms with E-state index in [2.05, 4.69) is 47.6 Å². The standard InChI is InChI=1S/C16H32/c1-7-10-15(6)16(9-3)12-11-14(5)13(4)8-2/h12-15H,7-11H2,1-6H3. The van der Waals surface area contributed by atoms with E-state index in [-0.39, 0.29) is 0 Å². The molecule has 0 rings (SSSR count). The van der Waals surface area contributed by atoms with Gasteiger partial charge in [0.05, 0.1) is 0 Å². The molecule has 0 amide bonds. The lowest BCUT2D eigenvalue weighted by Gasteiger charge is -2.19. The van der Waals surface area contributed by atoms with Gasteiger partial charge in [-0.05, 0) is 37.0 Å². The van der Waals surface area contributed by atoms with Crippen LogP contribution in [0.3, 0.4) is 0 Å². The molecular weight excluding hydrogens is 192 g/mol. The van der Waals surface area contributed by atoms with Crippen LogP contribution in [0.25, 0.3) is 0 Å². The molecule has 0 radical (unpaired) electrons. The predicted molar refractivity (Wildman–Crippen MR) is 75.7 cm³/mol. The van der Waals surface area contributed by atoms with Crippen LogP contribution in [0, 0.1) is 17.8 Å². The first-order valence-corrected chi connectivity index (χ1v) is 7.25. The monoisotopic (exact) mass is 224 g/mol. The predicted octanol–water partition coefficient (Wildman–Crippen LogP) is 5.83. The molecule has 0 aliphatic carbocycles. The van der Waals surface area contributed by atoms with Gasteiger partial charge in [-0.25, -0.2) is 0 Å². The largest absolute Gasteiger partial charge is 0.0848 e. The van der Waals surface area contributed by atoms with Crippen LogP contribution in [0.15, 0.2) is 11.6 Å². The summed E-state index contributed by atoms with van der Waals surface area (Å²) < 4.78 is 0. The van der Waals surface area contributed by atoms with Crippen LogP contribution in [-0.2, 0) is 0 Å². The van der Waals surface area contributed by atoms with Gasteiger partial charge in [0.15, 0.2) is 0 Å². The van der Waals surface area contributed by atoms with Crippen molar-refractivity contribution in [2.75, 3.05) is 0 Å². The highest BCUT2D eigenvalue weighted by atomic mass is 14.2. The first-order chi connectivity index (χ1) is 7.56. The fourth-order valence-corrected chi connectivity index (χ4v) is 2.28. The zero-order valence-electron chi connectivity index (χ0n) is 12.3. The van der Waals surface area contributed by atoms with E-state index in [0.717, 1.165) is 17.8 Å². The molecule has 0 saturated heterocycles. The molecule has 96 valence electrons. The van der Waals surface area contributed by atoms with E-state index >= 15 is 0 Å². The molecule has 0 aromatic heterocycles. The zero-order chi connectivity index (χ0) is 12.6. The van der Waals surface area contributed by atoms with Crippen molar-refractivity contribution in [1.82, 2.24) is 0 Å². The number of hydrogen-bond acceptors (Lipinski definition) is 0. The van der Waals surface area contributed by atoms with Crippen molar-refractivity contribution in [3.63, 3.8) is 0 Å². The van der Waals surface area contributed by atoms with Crippen molar-refractivity contribution in [2.24, 2.45) is 17.8 Å². The van der Waals surface area contributed by atoms with Gasteiger partial charge in [0.1, 0.15) is 0 Å². The van der Waals surface area contributed by atoms with Gasteiger partial charge in [-0.1, -0.05) is 66.0 Å². The van der Waals surface area contributed by atoms with Crippen LogP contribution in [0.5, 0.6) is 0 Å². The van der Waals surface area contributed by atoms with Crippen LogP contribution >= 0.6 is 0 Å². The number of hydrogen-bond donors (Lipinski definition) is 0. The summed E-state index contributed by atoms with van der Waals surface area (Å²) in [6.07, 6.45) is 8.98. The molecule has 3 atom stereocenters. The van der Waals surface area contributed by atoms with Crippen molar-refractivity contribution in [1.29, 1.82) is 0 Å². The molecule has 0 fully saturated rings. The van der Waals surface area contributed by atoms with Crippen molar-refractivity contribution >= 4 is 0 Å². The van der Waals surface area contributed by atoms with Gasteiger partial charge >= 0.3 is 0 Å². The summed E-state index contributed by atoms with van der Waals surface area (Å²) >= 11 is 0. The van der Waals surface area contributed by atoms with Crippen molar-refractivity contribution in [2.45, 2.75) is 73.6 Å². The van der Waals surface area contributed by atoms with E-state index in [4.69, 9.17) is 0 Å². The third-order valence-corrected chi connectivity index (χ3v) is 4.13. The molecule has 0 aliphatic heterocycles. The van der Waals surface area contributed by atoms with Gasteiger partial charge < -0.3 is 0 Å². The zero-order valence-corrected chi connectivity index (χ0v) is 12.3. The lowest BCUT2D eigenvalue weighted by atomic mass is 9.87. The average Bonchev–Trinajstić information content (AvgIpc) is 2.28. The third-order valence-electron chi connectivity index (χ3n) is 4.13. The van der Waals surface area contributed by atoms with Crippen LogP contribution in [0.4, 0.5) is 0 Å². The van der Waals surface area contributed by atoms with Crippen LogP contribution in [0.2, 0.25) is 0 Å². The minimum Gasteiger partial charge on any atom is -0.0848 e. The molecule has 3 unspecified atom stereocenters. The maximum Gasteiger partial charge on any atom is -0.0232 e. The highest BCUT2D eigenvalue weighted by Crippen LogP contribution is 2.24. The Labute approximate surface area is 104 Å². The maximum atomic E-state index is 2.52. The first kappa shape index (κ1) is 15.7. The normalized spacial score (nSPS) is 18.2. The summed E-state index contributed by atoms with van der Waals surface area (Å²) in [5.74, 6) is 2.48. The van der Waals surface area contributed by atoms with E-state index in [1.165, 1.54) is 32.1 Å². The summed E-state index contributed by atoms with van der Waals surface area (Å²) in [5.41, 5.74) is 1.68. The molecule has 0 aliphatic rings. The number of rotatable bonds is 8. The topological polar surface area (TPSA) is 0 Å². The summed E-state index contributed by atoms with van der Waals surface area (Å²) in [7, 11) is 0. The minimum absolute atomic E-state index is 0.791. The van der Waals surface area contributed by atoms with Crippen molar-refractivity contribution in [3.8, 4) is 0 Å². The number of allylic oxidation sites excluding steroid dienone is 2. The minimum atomic E-state index is 0.791. The highest BCUT2D eigenvalue weighted by Gasteiger charge is 2.10. The molecule has 16 heavy (non-hydrogen) atoms. The summed E-state index contributed by atoms with van der Waals surface area (Å²) in [5, 5.41) is 0. The molecule has 0 nitrogen and oxygen atoms in total. The van der Waals surface area contributed by atoms with Gasteiger partial charge in [0, 0.05) is 0 Å².